The van der Waals surface area contributed by atoms with Crippen molar-refractivity contribution >= 4 is 28.9 Å². The largest absolute Gasteiger partial charge is 0.378 e. The molecule has 0 saturated carbocycles. The van der Waals surface area contributed by atoms with Gasteiger partial charge in [-0.2, -0.15) is 0 Å². The monoisotopic (exact) mass is 383 g/mol. The molecule has 1 amide bonds. The van der Waals surface area contributed by atoms with Gasteiger partial charge in [-0.3, -0.25) is 4.79 Å². The van der Waals surface area contributed by atoms with Gasteiger partial charge in [0, 0.05) is 37.2 Å². The van der Waals surface area contributed by atoms with Gasteiger partial charge in [0.05, 0.1) is 5.69 Å². The first kappa shape index (κ1) is 19.2. The van der Waals surface area contributed by atoms with Gasteiger partial charge in [-0.25, -0.2) is 18.7 Å². The van der Waals surface area contributed by atoms with Crippen molar-refractivity contribution in [3.63, 3.8) is 0 Å². The molecule has 0 aliphatic carbocycles. The van der Waals surface area contributed by atoms with Crippen LogP contribution in [-0.4, -0.2) is 30.0 Å². The molecule has 0 unspecified atom stereocenters. The Morgan fingerprint density at radius 2 is 1.71 bits per heavy atom. The minimum Gasteiger partial charge on any atom is -0.378 e. The Hall–Kier alpha value is -3.55. The van der Waals surface area contributed by atoms with Crippen LogP contribution in [0.5, 0.6) is 0 Å². The molecule has 0 spiro atoms. The van der Waals surface area contributed by atoms with E-state index in [1.807, 2.05) is 43.3 Å². The van der Waals surface area contributed by atoms with E-state index in [9.17, 15) is 13.6 Å². The highest BCUT2D eigenvalue weighted by Crippen LogP contribution is 2.20. The van der Waals surface area contributed by atoms with Crippen molar-refractivity contribution in [2.45, 2.75) is 6.92 Å². The molecule has 2 aromatic carbocycles. The summed E-state index contributed by atoms with van der Waals surface area (Å²) in [6, 6.07) is 12.0. The van der Waals surface area contributed by atoms with Gasteiger partial charge in [-0.15, -0.1) is 0 Å². The van der Waals surface area contributed by atoms with Crippen molar-refractivity contribution < 1.29 is 13.6 Å². The molecule has 2 N–H and O–H groups in total. The highest BCUT2D eigenvalue weighted by Gasteiger charge is 2.14. The number of hydrogen-bond donors (Lipinski definition) is 2. The predicted octanol–water partition coefficient (Wildman–Crippen LogP) is 4.13. The van der Waals surface area contributed by atoms with Crippen LogP contribution in [0, 0.1) is 18.6 Å². The molecule has 1 aromatic heterocycles. The van der Waals surface area contributed by atoms with Crippen molar-refractivity contribution in [2.75, 3.05) is 29.6 Å². The van der Waals surface area contributed by atoms with Crippen LogP contribution in [0.3, 0.4) is 0 Å². The van der Waals surface area contributed by atoms with Gasteiger partial charge in [0.2, 0.25) is 5.95 Å². The summed E-state index contributed by atoms with van der Waals surface area (Å²) in [7, 11) is 3.89. The first-order chi connectivity index (χ1) is 13.3. The van der Waals surface area contributed by atoms with Crippen molar-refractivity contribution in [2.24, 2.45) is 0 Å². The molecule has 1 heterocycles. The van der Waals surface area contributed by atoms with E-state index in [0.29, 0.717) is 11.8 Å². The molecule has 3 rings (SSSR count). The third-order valence-electron chi connectivity index (χ3n) is 3.91. The highest BCUT2D eigenvalue weighted by atomic mass is 19.1. The number of nitrogens with zero attached hydrogens (tertiary/aromatic N) is 3. The van der Waals surface area contributed by atoms with Crippen molar-refractivity contribution in [1.82, 2.24) is 9.97 Å². The second-order valence-corrected chi connectivity index (χ2v) is 6.36. The van der Waals surface area contributed by atoms with Gasteiger partial charge < -0.3 is 15.5 Å². The smallest absolute Gasteiger partial charge is 0.274 e. The van der Waals surface area contributed by atoms with E-state index < -0.39 is 17.5 Å². The molecule has 0 aliphatic rings. The van der Waals surface area contributed by atoms with Crippen molar-refractivity contribution in [1.29, 1.82) is 0 Å². The minimum atomic E-state index is -0.863. The zero-order chi connectivity index (χ0) is 20.3. The van der Waals surface area contributed by atoms with E-state index in [-0.39, 0.29) is 17.3 Å². The molecule has 0 fully saturated rings. The van der Waals surface area contributed by atoms with Gasteiger partial charge in [0.25, 0.3) is 5.91 Å². The zero-order valence-corrected chi connectivity index (χ0v) is 15.6. The van der Waals surface area contributed by atoms with E-state index in [1.54, 1.807) is 6.92 Å². The van der Waals surface area contributed by atoms with Gasteiger partial charge in [0.15, 0.2) is 0 Å². The lowest BCUT2D eigenvalue weighted by Gasteiger charge is -2.13. The molecule has 8 heteroatoms. The molecule has 6 nitrogen and oxygen atoms in total. The van der Waals surface area contributed by atoms with Crippen LogP contribution >= 0.6 is 0 Å². The number of aryl methyl sites for hydroxylation is 1. The summed E-state index contributed by atoms with van der Waals surface area (Å²) in [5.74, 6) is -1.97. The predicted molar refractivity (Wildman–Crippen MR) is 105 cm³/mol. The van der Waals surface area contributed by atoms with Crippen molar-refractivity contribution in [3.8, 4) is 0 Å². The normalized spacial score (nSPS) is 10.5. The number of benzene rings is 2. The number of halogens is 2. The van der Waals surface area contributed by atoms with Crippen LogP contribution in [0.25, 0.3) is 0 Å². The fourth-order valence-electron chi connectivity index (χ4n) is 2.49. The third kappa shape index (κ3) is 4.59. The second-order valence-electron chi connectivity index (χ2n) is 6.36. The molecule has 0 saturated heterocycles. The Morgan fingerprint density at radius 1 is 1.00 bits per heavy atom. The molecule has 28 heavy (non-hydrogen) atoms. The van der Waals surface area contributed by atoms with E-state index in [2.05, 4.69) is 20.6 Å². The van der Waals surface area contributed by atoms with Crippen LogP contribution < -0.4 is 15.5 Å². The number of aromatic nitrogens is 2. The lowest BCUT2D eigenvalue weighted by atomic mass is 10.2. The van der Waals surface area contributed by atoms with Gasteiger partial charge >= 0.3 is 0 Å². The number of rotatable bonds is 5. The molecule has 0 radical (unpaired) electrons. The number of carbonyl (C=O) groups excluding carboxylic acids is 1. The van der Waals surface area contributed by atoms with E-state index in [0.717, 1.165) is 23.5 Å². The number of nitrogens with one attached hydrogen (secondary N) is 2. The number of hydrogen-bond acceptors (Lipinski definition) is 5. The Morgan fingerprint density at radius 3 is 2.36 bits per heavy atom. The van der Waals surface area contributed by atoms with Crippen LogP contribution in [0.1, 0.15) is 16.2 Å². The Balaban J connectivity index is 1.79. The van der Waals surface area contributed by atoms with E-state index >= 15 is 0 Å². The summed E-state index contributed by atoms with van der Waals surface area (Å²) < 4.78 is 26.8. The van der Waals surface area contributed by atoms with Crippen molar-refractivity contribution in [3.05, 3.63) is 71.6 Å². The maximum absolute atomic E-state index is 13.8. The SMILES string of the molecule is Cc1cc(C(=O)Nc2ccc(F)cc2F)nc(Nc2ccc(N(C)C)cc2)n1. The molecule has 3 aromatic rings. The average molecular weight is 383 g/mol. The molecule has 144 valence electrons. The lowest BCUT2D eigenvalue weighted by Crippen LogP contribution is -2.16. The molecule has 0 atom stereocenters. The standard InChI is InChI=1S/C20H19F2N5O/c1-12-10-18(19(28)25-17-9-4-13(21)11-16(17)22)26-20(23-12)24-14-5-7-15(8-6-14)27(2)3/h4-11H,1-3H3,(H,25,28)(H,23,24,26). The van der Waals surface area contributed by atoms with Gasteiger partial charge in [0.1, 0.15) is 17.3 Å². The van der Waals surface area contributed by atoms with Crippen LogP contribution in [0.4, 0.5) is 31.8 Å². The first-order valence-corrected chi connectivity index (χ1v) is 8.48. The van der Waals surface area contributed by atoms with Crippen LogP contribution in [0.2, 0.25) is 0 Å². The molecular formula is C20H19F2N5O. The number of carbonyl (C=O) groups is 1. The first-order valence-electron chi connectivity index (χ1n) is 8.48. The van der Waals surface area contributed by atoms with E-state index in [4.69, 9.17) is 0 Å². The minimum absolute atomic E-state index is 0.0589. The second kappa shape index (κ2) is 7.99. The average Bonchev–Trinajstić information content (AvgIpc) is 2.64. The molecule has 0 aliphatic heterocycles. The molecular weight excluding hydrogens is 364 g/mol. The van der Waals surface area contributed by atoms with E-state index in [1.165, 1.54) is 6.07 Å². The quantitative estimate of drug-likeness (QED) is 0.693. The summed E-state index contributed by atoms with van der Waals surface area (Å²) in [6.07, 6.45) is 0. The number of anilines is 4. The van der Waals surface area contributed by atoms with Crippen LogP contribution in [0.15, 0.2) is 48.5 Å². The lowest BCUT2D eigenvalue weighted by molar-refractivity contribution is 0.102. The Kier molecular flexibility index (Phi) is 5.49. The third-order valence-corrected chi connectivity index (χ3v) is 3.91. The fourth-order valence-corrected chi connectivity index (χ4v) is 2.49. The topological polar surface area (TPSA) is 70.2 Å². The number of amides is 1. The Labute approximate surface area is 161 Å². The summed E-state index contributed by atoms with van der Waals surface area (Å²) in [4.78, 5) is 22.9. The maximum atomic E-state index is 13.8. The summed E-state index contributed by atoms with van der Waals surface area (Å²) in [6.45, 7) is 1.72. The Bertz CT molecular complexity index is 1010. The van der Waals surface area contributed by atoms with Gasteiger partial charge in [-0.1, -0.05) is 0 Å². The van der Waals surface area contributed by atoms with Crippen LogP contribution in [-0.2, 0) is 0 Å². The maximum Gasteiger partial charge on any atom is 0.274 e. The molecule has 0 bridgehead atoms. The van der Waals surface area contributed by atoms with Gasteiger partial charge in [-0.05, 0) is 49.4 Å². The summed E-state index contributed by atoms with van der Waals surface area (Å²) in [5, 5.41) is 5.43. The highest BCUT2D eigenvalue weighted by molar-refractivity contribution is 6.03. The zero-order valence-electron chi connectivity index (χ0n) is 15.6. The summed E-state index contributed by atoms with van der Waals surface area (Å²) >= 11 is 0. The fraction of sp³-hybridized carbons (Fsp3) is 0.150. The summed E-state index contributed by atoms with van der Waals surface area (Å²) in [5.41, 5.74) is 2.29.